The second kappa shape index (κ2) is 3.74. The molecule has 0 fully saturated rings. The number of hydrogen-bond acceptors (Lipinski definition) is 2. The number of benzene rings is 1. The van der Waals surface area contributed by atoms with Crippen molar-refractivity contribution in [3.63, 3.8) is 0 Å². The minimum absolute atomic E-state index is 0.0172. The van der Waals surface area contributed by atoms with Gasteiger partial charge in [0.25, 0.3) is 0 Å². The summed E-state index contributed by atoms with van der Waals surface area (Å²) < 4.78 is 1.98. The van der Waals surface area contributed by atoms with E-state index in [0.29, 0.717) is 0 Å². The highest BCUT2D eigenvalue weighted by molar-refractivity contribution is 5.76. The van der Waals surface area contributed by atoms with Crippen LogP contribution in [0.2, 0.25) is 0 Å². The van der Waals surface area contributed by atoms with E-state index in [4.69, 9.17) is 5.26 Å². The van der Waals surface area contributed by atoms with Crippen LogP contribution in [0.3, 0.4) is 0 Å². The van der Waals surface area contributed by atoms with Crippen molar-refractivity contribution in [2.24, 2.45) is 7.05 Å². The predicted octanol–water partition coefficient (Wildman–Crippen LogP) is 2.59. The third-order valence-electron chi connectivity index (χ3n) is 2.72. The van der Waals surface area contributed by atoms with Gasteiger partial charge in [0.2, 0.25) is 0 Å². The van der Waals surface area contributed by atoms with Crippen LogP contribution in [-0.4, -0.2) is 9.55 Å². The van der Waals surface area contributed by atoms with E-state index in [0.717, 1.165) is 23.0 Å². The number of imidazole rings is 1. The average molecular weight is 199 g/mol. The molecular weight excluding hydrogens is 186 g/mol. The van der Waals surface area contributed by atoms with Crippen LogP contribution < -0.4 is 0 Å². The molecule has 0 aliphatic rings. The molecule has 2 rings (SSSR count). The molecule has 1 aromatic carbocycles. The van der Waals surface area contributed by atoms with Crippen LogP contribution in [0.5, 0.6) is 0 Å². The van der Waals surface area contributed by atoms with Crippen LogP contribution in [0.4, 0.5) is 0 Å². The molecule has 3 nitrogen and oxygen atoms in total. The molecule has 3 heteroatoms. The molecule has 0 aliphatic heterocycles. The minimum atomic E-state index is -0.0172. The first-order valence-corrected chi connectivity index (χ1v) is 5.07. The van der Waals surface area contributed by atoms with Gasteiger partial charge in [0.05, 0.1) is 29.3 Å². The fraction of sp³-hybridized carbons (Fsp3) is 0.333. The third-order valence-corrected chi connectivity index (χ3v) is 2.72. The fourth-order valence-corrected chi connectivity index (χ4v) is 1.77. The molecule has 0 N–H and O–H groups in total. The van der Waals surface area contributed by atoms with Crippen LogP contribution in [0.25, 0.3) is 11.0 Å². The first-order chi connectivity index (χ1) is 7.26. The fourth-order valence-electron chi connectivity index (χ4n) is 1.77. The Morgan fingerprint density at radius 2 is 2.33 bits per heavy atom. The third kappa shape index (κ3) is 1.59. The maximum Gasteiger partial charge on any atom is 0.0955 e. The van der Waals surface area contributed by atoms with E-state index in [1.54, 1.807) is 6.33 Å². The van der Waals surface area contributed by atoms with Crippen LogP contribution >= 0.6 is 0 Å². The van der Waals surface area contributed by atoms with Crippen LogP contribution in [-0.2, 0) is 7.05 Å². The maximum atomic E-state index is 8.98. The van der Waals surface area contributed by atoms with E-state index in [9.17, 15) is 0 Å². The first-order valence-electron chi connectivity index (χ1n) is 5.07. The zero-order valence-corrected chi connectivity index (χ0v) is 8.94. The molecule has 0 saturated heterocycles. The Labute approximate surface area is 89.0 Å². The summed E-state index contributed by atoms with van der Waals surface area (Å²) in [5, 5.41) is 8.98. The molecular formula is C12H13N3. The van der Waals surface area contributed by atoms with E-state index >= 15 is 0 Å². The normalized spacial score (nSPS) is 12.6. The lowest BCUT2D eigenvalue weighted by molar-refractivity contribution is 0.819. The highest BCUT2D eigenvalue weighted by atomic mass is 15.0. The van der Waals surface area contributed by atoms with Gasteiger partial charge in [-0.1, -0.05) is 13.0 Å². The van der Waals surface area contributed by atoms with Gasteiger partial charge in [0, 0.05) is 7.05 Å². The summed E-state index contributed by atoms with van der Waals surface area (Å²) in [7, 11) is 1.97. The first kappa shape index (κ1) is 9.72. The minimum Gasteiger partial charge on any atom is -0.334 e. The van der Waals surface area contributed by atoms with E-state index < -0.39 is 0 Å². The number of nitriles is 1. The predicted molar refractivity (Wildman–Crippen MR) is 59.4 cm³/mol. The summed E-state index contributed by atoms with van der Waals surface area (Å²) in [4.78, 5) is 4.28. The Morgan fingerprint density at radius 3 is 3.00 bits per heavy atom. The van der Waals surface area contributed by atoms with Crippen molar-refractivity contribution in [1.82, 2.24) is 9.55 Å². The number of aromatic nitrogens is 2. The molecule has 0 saturated carbocycles. The molecule has 1 heterocycles. The standard InChI is InChI=1S/C12H13N3/c1-3-9(7-13)10-4-5-12-11(6-10)14-8-15(12)2/h4-6,8-9H,3H2,1-2H3. The van der Waals surface area contributed by atoms with Crippen molar-refractivity contribution >= 4 is 11.0 Å². The molecule has 0 amide bonds. The zero-order valence-electron chi connectivity index (χ0n) is 8.94. The largest absolute Gasteiger partial charge is 0.334 e. The number of aryl methyl sites for hydroxylation is 1. The molecule has 1 unspecified atom stereocenters. The van der Waals surface area contributed by atoms with Gasteiger partial charge >= 0.3 is 0 Å². The van der Waals surface area contributed by atoms with Crippen molar-refractivity contribution in [2.75, 3.05) is 0 Å². The zero-order chi connectivity index (χ0) is 10.8. The molecule has 0 radical (unpaired) electrons. The number of rotatable bonds is 2. The summed E-state index contributed by atoms with van der Waals surface area (Å²) in [5.41, 5.74) is 3.13. The summed E-state index contributed by atoms with van der Waals surface area (Å²) in [6.45, 7) is 2.02. The van der Waals surface area contributed by atoms with Gasteiger partial charge in [-0.25, -0.2) is 4.98 Å². The summed E-state index contributed by atoms with van der Waals surface area (Å²) in [5.74, 6) is -0.0172. The van der Waals surface area contributed by atoms with Crippen molar-refractivity contribution in [3.8, 4) is 6.07 Å². The summed E-state index contributed by atoms with van der Waals surface area (Å²) in [6, 6.07) is 8.35. The molecule has 76 valence electrons. The Balaban J connectivity index is 2.52. The summed E-state index contributed by atoms with van der Waals surface area (Å²) in [6.07, 6.45) is 2.64. The lowest BCUT2D eigenvalue weighted by Crippen LogP contribution is -1.93. The highest BCUT2D eigenvalue weighted by Crippen LogP contribution is 2.22. The maximum absolute atomic E-state index is 8.98. The second-order valence-electron chi connectivity index (χ2n) is 3.69. The Kier molecular flexibility index (Phi) is 2.42. The van der Waals surface area contributed by atoms with Gasteiger partial charge in [-0.3, -0.25) is 0 Å². The topological polar surface area (TPSA) is 41.6 Å². The van der Waals surface area contributed by atoms with Crippen molar-refractivity contribution in [1.29, 1.82) is 5.26 Å². The molecule has 1 aromatic heterocycles. The van der Waals surface area contributed by atoms with Gasteiger partial charge < -0.3 is 4.57 Å². The molecule has 1 atom stereocenters. The average Bonchev–Trinajstić information content (AvgIpc) is 2.62. The Morgan fingerprint density at radius 1 is 1.53 bits per heavy atom. The second-order valence-corrected chi connectivity index (χ2v) is 3.69. The van der Waals surface area contributed by atoms with Gasteiger partial charge in [-0.2, -0.15) is 5.26 Å². The lowest BCUT2D eigenvalue weighted by atomic mass is 9.98. The summed E-state index contributed by atoms with van der Waals surface area (Å²) >= 11 is 0. The van der Waals surface area contributed by atoms with E-state index in [1.165, 1.54) is 0 Å². The highest BCUT2D eigenvalue weighted by Gasteiger charge is 2.09. The molecule has 2 aromatic rings. The van der Waals surface area contributed by atoms with Gasteiger partial charge in [0.15, 0.2) is 0 Å². The SMILES string of the molecule is CCC(C#N)c1ccc2c(c1)ncn2C. The van der Waals surface area contributed by atoms with Gasteiger partial charge in [-0.15, -0.1) is 0 Å². The van der Waals surface area contributed by atoms with Crippen LogP contribution in [0.15, 0.2) is 24.5 Å². The van der Waals surface area contributed by atoms with E-state index in [-0.39, 0.29) is 5.92 Å². The monoisotopic (exact) mass is 199 g/mol. The van der Waals surface area contributed by atoms with Gasteiger partial charge in [0.1, 0.15) is 0 Å². The van der Waals surface area contributed by atoms with E-state index in [2.05, 4.69) is 11.1 Å². The number of fused-ring (bicyclic) bond motifs is 1. The van der Waals surface area contributed by atoms with E-state index in [1.807, 2.05) is 36.7 Å². The van der Waals surface area contributed by atoms with Crippen LogP contribution in [0.1, 0.15) is 24.8 Å². The number of hydrogen-bond donors (Lipinski definition) is 0. The van der Waals surface area contributed by atoms with Crippen molar-refractivity contribution in [3.05, 3.63) is 30.1 Å². The quantitative estimate of drug-likeness (QED) is 0.746. The van der Waals surface area contributed by atoms with Crippen LogP contribution in [0, 0.1) is 11.3 Å². The molecule has 15 heavy (non-hydrogen) atoms. The number of nitrogens with zero attached hydrogens (tertiary/aromatic N) is 3. The van der Waals surface area contributed by atoms with Gasteiger partial charge in [-0.05, 0) is 24.1 Å². The molecule has 0 aliphatic carbocycles. The lowest BCUT2D eigenvalue weighted by Gasteiger charge is -2.05. The Bertz CT molecular complexity index is 519. The van der Waals surface area contributed by atoms with Crippen molar-refractivity contribution < 1.29 is 0 Å². The van der Waals surface area contributed by atoms with Crippen molar-refractivity contribution in [2.45, 2.75) is 19.3 Å². The molecule has 0 spiro atoms. The Hall–Kier alpha value is -1.82. The molecule has 0 bridgehead atoms. The smallest absolute Gasteiger partial charge is 0.0955 e.